The topological polar surface area (TPSA) is 114 Å². The van der Waals surface area contributed by atoms with Crippen LogP contribution in [0.15, 0.2) is 67.0 Å². The number of fused-ring (bicyclic) bond motifs is 1. The number of aryl methyl sites for hydroxylation is 1. The molecule has 252 valence electrons. The average molecular weight is 672 g/mol. The largest absolute Gasteiger partial charge is 0.496 e. The van der Waals surface area contributed by atoms with Crippen LogP contribution in [0.5, 0.6) is 11.5 Å². The first-order chi connectivity index (χ1) is 22.9. The zero-order valence-electron chi connectivity index (χ0n) is 28.3. The molecule has 0 spiro atoms. The standard InChI is InChI=1S/C36H41N5O6S/c1-23-10-15-31(48-23)33(42)46-22-28-26(13-14-29-32(28)40(6)34(43)36(2,3)38-29)27-12-11-25(19-30(27)45-7)47-35(44)41(18-17-39(4)5)21-24-9-8-16-37-20-24/h8-16,19-20,38H,17-18,21-22H2,1-7H3. The van der Waals surface area contributed by atoms with Gasteiger partial charge in [0.1, 0.15) is 28.5 Å². The molecule has 48 heavy (non-hydrogen) atoms. The van der Waals surface area contributed by atoms with E-state index in [1.165, 1.54) is 18.4 Å². The number of hydrogen-bond donors (Lipinski definition) is 1. The Kier molecular flexibility index (Phi) is 10.4. The number of aromatic nitrogens is 1. The third-order valence-corrected chi connectivity index (χ3v) is 9.01. The first-order valence-corrected chi connectivity index (χ1v) is 16.3. The van der Waals surface area contributed by atoms with Crippen LogP contribution in [-0.4, -0.2) is 79.6 Å². The van der Waals surface area contributed by atoms with E-state index in [9.17, 15) is 14.4 Å². The molecule has 4 aromatic rings. The predicted molar refractivity (Wildman–Crippen MR) is 187 cm³/mol. The van der Waals surface area contributed by atoms with E-state index >= 15 is 0 Å². The second kappa shape index (κ2) is 14.4. The minimum absolute atomic E-state index is 0.0942. The number of nitrogens with one attached hydrogen (secondary N) is 1. The fraction of sp³-hybridized carbons (Fsp3) is 0.333. The van der Waals surface area contributed by atoms with Crippen molar-refractivity contribution < 1.29 is 28.6 Å². The number of esters is 1. The average Bonchev–Trinajstić information content (AvgIpc) is 3.50. The minimum Gasteiger partial charge on any atom is -0.496 e. The molecule has 3 heterocycles. The van der Waals surface area contributed by atoms with Crippen LogP contribution >= 0.6 is 11.3 Å². The molecule has 0 atom stereocenters. The highest BCUT2D eigenvalue weighted by atomic mass is 32.1. The van der Waals surface area contributed by atoms with Gasteiger partial charge in [-0.05, 0) is 82.4 Å². The van der Waals surface area contributed by atoms with Crippen molar-refractivity contribution in [2.24, 2.45) is 0 Å². The van der Waals surface area contributed by atoms with Crippen molar-refractivity contribution in [3.63, 3.8) is 0 Å². The van der Waals surface area contributed by atoms with Gasteiger partial charge in [-0.15, -0.1) is 11.3 Å². The molecule has 2 aromatic heterocycles. The van der Waals surface area contributed by atoms with E-state index in [0.29, 0.717) is 58.4 Å². The molecule has 2 amide bonds. The summed E-state index contributed by atoms with van der Waals surface area (Å²) in [5.41, 5.74) is 3.40. The fourth-order valence-corrected chi connectivity index (χ4v) is 6.33. The number of benzene rings is 2. The molecular weight excluding hydrogens is 630 g/mol. The first kappa shape index (κ1) is 34.4. The molecule has 0 fully saturated rings. The minimum atomic E-state index is -0.827. The van der Waals surface area contributed by atoms with Gasteiger partial charge in [0, 0.05) is 54.6 Å². The summed E-state index contributed by atoms with van der Waals surface area (Å²) < 4.78 is 17.5. The number of methoxy groups -OCH3 is 1. The lowest BCUT2D eigenvalue weighted by atomic mass is 9.92. The number of thiophene rings is 1. The summed E-state index contributed by atoms with van der Waals surface area (Å²) in [4.78, 5) is 50.7. The van der Waals surface area contributed by atoms with Crippen molar-refractivity contribution in [1.82, 2.24) is 14.8 Å². The van der Waals surface area contributed by atoms with Crippen molar-refractivity contribution in [3.05, 3.63) is 87.9 Å². The van der Waals surface area contributed by atoms with E-state index in [1.807, 2.05) is 70.1 Å². The molecule has 5 rings (SSSR count). The second-order valence-corrected chi connectivity index (χ2v) is 13.7. The van der Waals surface area contributed by atoms with Gasteiger partial charge in [0.25, 0.3) is 5.91 Å². The van der Waals surface area contributed by atoms with Gasteiger partial charge in [-0.1, -0.05) is 12.1 Å². The van der Waals surface area contributed by atoms with Crippen LogP contribution in [0.25, 0.3) is 11.1 Å². The van der Waals surface area contributed by atoms with Gasteiger partial charge in [-0.25, -0.2) is 9.59 Å². The number of likely N-dealkylation sites (N-methyl/N-ethyl adjacent to an activating group) is 2. The highest BCUT2D eigenvalue weighted by molar-refractivity contribution is 7.13. The van der Waals surface area contributed by atoms with E-state index in [-0.39, 0.29) is 12.5 Å². The zero-order chi connectivity index (χ0) is 34.6. The Balaban J connectivity index is 1.48. The van der Waals surface area contributed by atoms with Crippen LogP contribution < -0.4 is 19.7 Å². The maximum Gasteiger partial charge on any atom is 0.415 e. The number of rotatable bonds is 11. The second-order valence-electron chi connectivity index (χ2n) is 12.4. The van der Waals surface area contributed by atoms with Crippen LogP contribution in [0.4, 0.5) is 16.2 Å². The molecule has 0 saturated carbocycles. The molecular formula is C36H41N5O6S. The van der Waals surface area contributed by atoms with E-state index in [2.05, 4.69) is 10.3 Å². The van der Waals surface area contributed by atoms with Crippen molar-refractivity contribution in [1.29, 1.82) is 0 Å². The van der Waals surface area contributed by atoms with Gasteiger partial charge in [-0.3, -0.25) is 9.78 Å². The van der Waals surface area contributed by atoms with Crippen molar-refractivity contribution in [3.8, 4) is 22.6 Å². The number of carbonyl (C=O) groups is 3. The SMILES string of the molecule is COc1cc(OC(=O)N(CCN(C)C)Cc2cccnc2)ccc1-c1ccc2c(c1COC(=O)c1ccc(C)s1)N(C)C(=O)C(C)(C)N2. The Morgan fingerprint density at radius 1 is 1.04 bits per heavy atom. The summed E-state index contributed by atoms with van der Waals surface area (Å²) >= 11 is 1.36. The lowest BCUT2D eigenvalue weighted by Gasteiger charge is -2.39. The maximum absolute atomic E-state index is 13.4. The monoisotopic (exact) mass is 671 g/mol. The summed E-state index contributed by atoms with van der Waals surface area (Å²) in [6, 6.07) is 16.3. The van der Waals surface area contributed by atoms with Crippen molar-refractivity contribution >= 4 is 40.7 Å². The van der Waals surface area contributed by atoms with Gasteiger partial charge in [0.2, 0.25) is 0 Å². The fourth-order valence-electron chi connectivity index (χ4n) is 5.57. The molecule has 0 saturated heterocycles. The summed E-state index contributed by atoms with van der Waals surface area (Å²) in [6.45, 7) is 6.92. The van der Waals surface area contributed by atoms with E-state index in [0.717, 1.165) is 16.1 Å². The predicted octanol–water partition coefficient (Wildman–Crippen LogP) is 6.21. The molecule has 11 nitrogen and oxygen atoms in total. The third kappa shape index (κ3) is 7.61. The number of anilines is 2. The Labute approximate surface area is 285 Å². The van der Waals surface area contributed by atoms with Crippen LogP contribution in [0.3, 0.4) is 0 Å². The molecule has 1 aliphatic heterocycles. The molecule has 0 radical (unpaired) electrons. The van der Waals surface area contributed by atoms with Crippen molar-refractivity contribution in [2.45, 2.75) is 39.5 Å². The van der Waals surface area contributed by atoms with Crippen LogP contribution in [-0.2, 0) is 22.7 Å². The van der Waals surface area contributed by atoms with Crippen LogP contribution in [0.1, 0.15) is 39.5 Å². The highest BCUT2D eigenvalue weighted by Crippen LogP contribution is 2.45. The number of nitrogens with zero attached hydrogens (tertiary/aromatic N) is 4. The summed E-state index contributed by atoms with van der Waals surface area (Å²) in [5.74, 6) is 0.158. The number of amides is 2. The molecule has 0 unspecified atom stereocenters. The number of pyridine rings is 1. The summed E-state index contributed by atoms with van der Waals surface area (Å²) in [5, 5.41) is 3.33. The van der Waals surface area contributed by atoms with Gasteiger partial charge in [0.15, 0.2) is 0 Å². The zero-order valence-corrected chi connectivity index (χ0v) is 29.1. The lowest BCUT2D eigenvalue weighted by molar-refractivity contribution is -0.121. The molecule has 12 heteroatoms. The van der Waals surface area contributed by atoms with Gasteiger partial charge in [-0.2, -0.15) is 0 Å². The Morgan fingerprint density at radius 2 is 1.81 bits per heavy atom. The Bertz CT molecular complexity index is 1810. The number of carbonyl (C=O) groups excluding carboxylic acids is 3. The van der Waals surface area contributed by atoms with Gasteiger partial charge >= 0.3 is 12.1 Å². The van der Waals surface area contributed by atoms with E-state index in [4.69, 9.17) is 14.2 Å². The highest BCUT2D eigenvalue weighted by Gasteiger charge is 2.39. The summed E-state index contributed by atoms with van der Waals surface area (Å²) in [6.07, 6.45) is 2.91. The number of hydrogen-bond acceptors (Lipinski definition) is 10. The van der Waals surface area contributed by atoms with E-state index in [1.54, 1.807) is 53.5 Å². The smallest absolute Gasteiger partial charge is 0.415 e. The Hall–Kier alpha value is -4.94. The maximum atomic E-state index is 13.4. The number of ether oxygens (including phenoxy) is 3. The Morgan fingerprint density at radius 3 is 2.48 bits per heavy atom. The van der Waals surface area contributed by atoms with Crippen LogP contribution in [0.2, 0.25) is 0 Å². The van der Waals surface area contributed by atoms with Gasteiger partial charge < -0.3 is 34.2 Å². The molecule has 0 bridgehead atoms. The normalized spacial score (nSPS) is 13.5. The molecule has 2 aromatic carbocycles. The molecule has 0 aliphatic carbocycles. The molecule has 1 aliphatic rings. The quantitative estimate of drug-likeness (QED) is 0.186. The molecule has 1 N–H and O–H groups in total. The third-order valence-electron chi connectivity index (χ3n) is 8.03. The van der Waals surface area contributed by atoms with E-state index < -0.39 is 17.6 Å². The van der Waals surface area contributed by atoms with Crippen LogP contribution in [0, 0.1) is 6.92 Å². The first-order valence-electron chi connectivity index (χ1n) is 15.5. The van der Waals surface area contributed by atoms with Crippen molar-refractivity contribution in [2.75, 3.05) is 51.6 Å². The lowest BCUT2D eigenvalue weighted by Crippen LogP contribution is -2.52. The van der Waals surface area contributed by atoms with Gasteiger partial charge in [0.05, 0.1) is 25.0 Å². The summed E-state index contributed by atoms with van der Waals surface area (Å²) in [7, 11) is 7.14.